The fourth-order valence-corrected chi connectivity index (χ4v) is 2.77. The highest BCUT2D eigenvalue weighted by Crippen LogP contribution is 2.19. The molecule has 1 aromatic rings. The van der Waals surface area contributed by atoms with E-state index in [1.54, 1.807) is 4.90 Å². The number of amides is 3. The van der Waals surface area contributed by atoms with Gasteiger partial charge in [-0.3, -0.25) is 9.59 Å². The number of nitrogens with one attached hydrogen (secondary N) is 2. The van der Waals surface area contributed by atoms with Crippen LogP contribution in [0.4, 0.5) is 4.79 Å². The van der Waals surface area contributed by atoms with Crippen LogP contribution < -0.4 is 10.6 Å². The van der Waals surface area contributed by atoms with Crippen molar-refractivity contribution in [1.82, 2.24) is 15.5 Å². The molecule has 0 spiro atoms. The summed E-state index contributed by atoms with van der Waals surface area (Å²) in [5.41, 5.74) is 2.37. The van der Waals surface area contributed by atoms with E-state index in [0.717, 1.165) is 24.8 Å². The summed E-state index contributed by atoms with van der Waals surface area (Å²) in [7, 11) is 0. The lowest BCUT2D eigenvalue weighted by atomic mass is 10.0. The van der Waals surface area contributed by atoms with Gasteiger partial charge in [0.1, 0.15) is 6.54 Å². The topological polar surface area (TPSA) is 87.7 Å². The van der Waals surface area contributed by atoms with E-state index in [-0.39, 0.29) is 24.5 Å². The van der Waals surface area contributed by atoms with Gasteiger partial charge in [0.05, 0.1) is 0 Å². The third-order valence-corrected chi connectivity index (χ3v) is 4.40. The SMILES string of the molecule is C[C@H](OC(=O)CNC(=O)N1CCc2ccccc2C1)C(=O)NC1CC1. The zero-order valence-corrected chi connectivity index (χ0v) is 14.3. The first kappa shape index (κ1) is 17.3. The minimum atomic E-state index is -0.855. The summed E-state index contributed by atoms with van der Waals surface area (Å²) >= 11 is 0. The molecular weight excluding hydrogens is 322 g/mol. The molecule has 7 heteroatoms. The highest BCUT2D eigenvalue weighted by Gasteiger charge is 2.27. The van der Waals surface area contributed by atoms with Crippen LogP contribution in [-0.2, 0) is 27.3 Å². The molecule has 7 nitrogen and oxygen atoms in total. The maximum absolute atomic E-state index is 12.2. The first-order valence-electron chi connectivity index (χ1n) is 8.62. The third kappa shape index (κ3) is 4.71. The summed E-state index contributed by atoms with van der Waals surface area (Å²) in [6, 6.07) is 7.92. The molecule has 1 aliphatic heterocycles. The maximum Gasteiger partial charge on any atom is 0.326 e. The molecule has 0 aromatic heterocycles. The number of hydrogen-bond acceptors (Lipinski definition) is 4. The summed E-state index contributed by atoms with van der Waals surface area (Å²) in [4.78, 5) is 37.4. The van der Waals surface area contributed by atoms with Crippen LogP contribution in [0.25, 0.3) is 0 Å². The number of ether oxygens (including phenoxy) is 1. The van der Waals surface area contributed by atoms with E-state index < -0.39 is 12.1 Å². The average molecular weight is 345 g/mol. The van der Waals surface area contributed by atoms with E-state index >= 15 is 0 Å². The number of nitrogens with zero attached hydrogens (tertiary/aromatic N) is 1. The first-order chi connectivity index (χ1) is 12.0. The van der Waals surface area contributed by atoms with E-state index in [9.17, 15) is 14.4 Å². The molecule has 1 aromatic carbocycles. The van der Waals surface area contributed by atoms with Crippen LogP contribution >= 0.6 is 0 Å². The fourth-order valence-electron chi connectivity index (χ4n) is 2.77. The minimum absolute atomic E-state index is 0.218. The maximum atomic E-state index is 12.2. The molecule has 0 unspecified atom stereocenters. The molecule has 1 saturated carbocycles. The summed E-state index contributed by atoms with van der Waals surface area (Å²) in [6.07, 6.45) is 1.89. The molecule has 0 radical (unpaired) electrons. The van der Waals surface area contributed by atoms with Crippen molar-refractivity contribution in [2.45, 2.75) is 44.9 Å². The number of rotatable bonds is 5. The molecule has 134 valence electrons. The fraction of sp³-hybridized carbons (Fsp3) is 0.500. The number of carbonyl (C=O) groups is 3. The molecule has 2 N–H and O–H groups in total. The van der Waals surface area contributed by atoms with Crippen molar-refractivity contribution in [3.63, 3.8) is 0 Å². The van der Waals surface area contributed by atoms with Gasteiger partial charge in [0.2, 0.25) is 0 Å². The van der Waals surface area contributed by atoms with Crippen molar-refractivity contribution >= 4 is 17.9 Å². The molecule has 1 aliphatic carbocycles. The van der Waals surface area contributed by atoms with Crippen LogP contribution in [0.2, 0.25) is 0 Å². The molecule has 0 bridgehead atoms. The van der Waals surface area contributed by atoms with Gasteiger partial charge in [0, 0.05) is 19.1 Å². The second kappa shape index (κ2) is 7.55. The minimum Gasteiger partial charge on any atom is -0.451 e. The quantitative estimate of drug-likeness (QED) is 0.778. The highest BCUT2D eigenvalue weighted by molar-refractivity contribution is 5.85. The predicted octanol–water partition coefficient (Wildman–Crippen LogP) is 0.965. The standard InChI is InChI=1S/C18H23N3O4/c1-12(17(23)20-15-6-7-15)25-16(22)10-19-18(24)21-9-8-13-4-2-3-5-14(13)11-21/h2-5,12,15H,6-11H2,1H3,(H,19,24)(H,20,23)/t12-/m0/s1. The molecule has 1 fully saturated rings. The Balaban J connectivity index is 1.41. The van der Waals surface area contributed by atoms with Crippen LogP contribution in [0, 0.1) is 0 Å². The predicted molar refractivity (Wildman–Crippen MR) is 90.7 cm³/mol. The van der Waals surface area contributed by atoms with E-state index in [0.29, 0.717) is 13.1 Å². The summed E-state index contributed by atoms with van der Waals surface area (Å²) in [5, 5.41) is 5.33. The first-order valence-corrected chi connectivity index (χ1v) is 8.62. The van der Waals surface area contributed by atoms with Gasteiger partial charge in [-0.25, -0.2) is 4.79 Å². The lowest BCUT2D eigenvalue weighted by Crippen LogP contribution is -2.45. The highest BCUT2D eigenvalue weighted by atomic mass is 16.5. The van der Waals surface area contributed by atoms with E-state index in [1.165, 1.54) is 12.5 Å². The Morgan fingerprint density at radius 1 is 1.24 bits per heavy atom. The van der Waals surface area contributed by atoms with Crippen molar-refractivity contribution in [3.05, 3.63) is 35.4 Å². The Morgan fingerprint density at radius 3 is 2.68 bits per heavy atom. The van der Waals surface area contributed by atoms with Gasteiger partial charge in [0.25, 0.3) is 5.91 Å². The molecular formula is C18H23N3O4. The number of benzene rings is 1. The molecule has 1 heterocycles. The largest absolute Gasteiger partial charge is 0.451 e. The molecule has 25 heavy (non-hydrogen) atoms. The molecule has 3 amide bonds. The summed E-state index contributed by atoms with van der Waals surface area (Å²) in [6.45, 7) is 2.41. The summed E-state index contributed by atoms with van der Waals surface area (Å²) in [5.74, 6) is -0.918. The number of fused-ring (bicyclic) bond motifs is 1. The number of urea groups is 1. The molecule has 3 rings (SSSR count). The Labute approximate surface area is 146 Å². The van der Waals surface area contributed by atoms with Crippen molar-refractivity contribution in [3.8, 4) is 0 Å². The Kier molecular flexibility index (Phi) is 5.21. The monoisotopic (exact) mass is 345 g/mol. The Morgan fingerprint density at radius 2 is 1.96 bits per heavy atom. The van der Waals surface area contributed by atoms with Crippen molar-refractivity contribution in [2.75, 3.05) is 13.1 Å². The van der Waals surface area contributed by atoms with Crippen molar-refractivity contribution < 1.29 is 19.1 Å². The van der Waals surface area contributed by atoms with Gasteiger partial charge in [-0.05, 0) is 37.3 Å². The molecule has 0 saturated heterocycles. The lowest BCUT2D eigenvalue weighted by molar-refractivity contribution is -0.153. The lowest BCUT2D eigenvalue weighted by Gasteiger charge is -2.28. The second-order valence-corrected chi connectivity index (χ2v) is 6.51. The van der Waals surface area contributed by atoms with Crippen LogP contribution in [0.5, 0.6) is 0 Å². The zero-order valence-electron chi connectivity index (χ0n) is 14.3. The number of carbonyl (C=O) groups excluding carboxylic acids is 3. The number of hydrogen-bond donors (Lipinski definition) is 2. The van der Waals surface area contributed by atoms with E-state index in [4.69, 9.17) is 4.74 Å². The average Bonchev–Trinajstić information content (AvgIpc) is 3.43. The van der Waals surface area contributed by atoms with Gasteiger partial charge in [-0.1, -0.05) is 24.3 Å². The van der Waals surface area contributed by atoms with Crippen LogP contribution in [0.15, 0.2) is 24.3 Å². The molecule has 2 aliphatic rings. The number of esters is 1. The van der Waals surface area contributed by atoms with Crippen LogP contribution in [0.3, 0.4) is 0 Å². The normalized spacial score (nSPS) is 17.2. The zero-order chi connectivity index (χ0) is 17.8. The van der Waals surface area contributed by atoms with E-state index in [1.807, 2.05) is 18.2 Å². The van der Waals surface area contributed by atoms with Gasteiger partial charge < -0.3 is 20.3 Å². The van der Waals surface area contributed by atoms with E-state index in [2.05, 4.69) is 16.7 Å². The Bertz CT molecular complexity index is 672. The Hall–Kier alpha value is -2.57. The van der Waals surface area contributed by atoms with Crippen molar-refractivity contribution in [1.29, 1.82) is 0 Å². The van der Waals surface area contributed by atoms with Crippen LogP contribution in [0.1, 0.15) is 30.9 Å². The molecule has 1 atom stereocenters. The summed E-state index contributed by atoms with van der Waals surface area (Å²) < 4.78 is 5.05. The van der Waals surface area contributed by atoms with Crippen molar-refractivity contribution in [2.24, 2.45) is 0 Å². The third-order valence-electron chi connectivity index (χ3n) is 4.40. The smallest absolute Gasteiger partial charge is 0.326 e. The van der Waals surface area contributed by atoms with Gasteiger partial charge >= 0.3 is 12.0 Å². The van der Waals surface area contributed by atoms with Gasteiger partial charge in [0.15, 0.2) is 6.10 Å². The van der Waals surface area contributed by atoms with Crippen LogP contribution in [-0.4, -0.2) is 48.0 Å². The van der Waals surface area contributed by atoms with Gasteiger partial charge in [-0.2, -0.15) is 0 Å². The second-order valence-electron chi connectivity index (χ2n) is 6.51. The van der Waals surface area contributed by atoms with Gasteiger partial charge in [-0.15, -0.1) is 0 Å².